The third kappa shape index (κ3) is 7.63. The first-order valence-electron chi connectivity index (χ1n) is 16.4. The van der Waals surface area contributed by atoms with Crippen molar-refractivity contribution < 1.29 is 23.9 Å². The van der Waals surface area contributed by atoms with Gasteiger partial charge in [-0.05, 0) is 79.0 Å². The number of hydrogen-bond acceptors (Lipinski definition) is 5. The highest BCUT2D eigenvalue weighted by Gasteiger charge is 2.30. The van der Waals surface area contributed by atoms with Crippen LogP contribution < -0.4 is 16.0 Å². The summed E-state index contributed by atoms with van der Waals surface area (Å²) in [5.74, 6) is -1.50. The molecule has 10 heteroatoms. The zero-order valence-corrected chi connectivity index (χ0v) is 27.6. The Labute approximate surface area is 285 Å². The van der Waals surface area contributed by atoms with Gasteiger partial charge in [0.2, 0.25) is 0 Å². The molecule has 6 rings (SSSR count). The molecule has 1 aliphatic heterocycles. The first-order chi connectivity index (χ1) is 23.3. The van der Waals surface area contributed by atoms with Crippen LogP contribution in [-0.2, 0) is 29.1 Å². The lowest BCUT2D eigenvalue weighted by atomic mass is 9.98. The molecule has 9 nitrogen and oxygen atoms in total. The van der Waals surface area contributed by atoms with Gasteiger partial charge in [0.25, 0.3) is 11.8 Å². The highest BCUT2D eigenvalue weighted by Crippen LogP contribution is 2.33. The molecule has 0 fully saturated rings. The number of halogens is 1. The van der Waals surface area contributed by atoms with Crippen LogP contribution in [0.5, 0.6) is 0 Å². The SMILES string of the molecule is Cc1cc(C(=O)N2CCc3ccccc3C2)cc(Cl)c1C(=O)N[C@@H](CNC(=O)NC1CCC2=C1C=CCC2)C(=O)OCc1ccccc1. The molecule has 2 atom stereocenters. The fourth-order valence-electron chi connectivity index (χ4n) is 6.65. The minimum Gasteiger partial charge on any atom is -0.459 e. The molecular formula is C38H39ClN4O5. The number of allylic oxidation sites excluding steroid dienone is 2. The molecule has 3 aliphatic rings. The van der Waals surface area contributed by atoms with Crippen molar-refractivity contribution in [3.63, 3.8) is 0 Å². The van der Waals surface area contributed by atoms with Crippen molar-refractivity contribution in [3.05, 3.63) is 128 Å². The number of carbonyl (C=O) groups excluding carboxylic acids is 4. The number of nitrogens with zero attached hydrogens (tertiary/aromatic N) is 1. The summed E-state index contributed by atoms with van der Waals surface area (Å²) in [6, 6.07) is 18.6. The van der Waals surface area contributed by atoms with Crippen LogP contribution in [0.1, 0.15) is 68.7 Å². The predicted molar refractivity (Wildman–Crippen MR) is 184 cm³/mol. The van der Waals surface area contributed by atoms with Crippen molar-refractivity contribution in [2.75, 3.05) is 13.1 Å². The molecule has 3 aromatic carbocycles. The fraction of sp³-hybridized carbons (Fsp3) is 0.316. The Bertz CT molecular complexity index is 1760. The summed E-state index contributed by atoms with van der Waals surface area (Å²) in [4.78, 5) is 55.1. The van der Waals surface area contributed by atoms with Crippen molar-refractivity contribution >= 4 is 35.4 Å². The molecule has 3 aromatic rings. The van der Waals surface area contributed by atoms with Crippen LogP contribution in [0, 0.1) is 6.92 Å². The number of hydrogen-bond donors (Lipinski definition) is 3. The van der Waals surface area contributed by atoms with Crippen molar-refractivity contribution in [3.8, 4) is 0 Å². The minimum absolute atomic E-state index is 0.00114. The largest absolute Gasteiger partial charge is 0.459 e. The van der Waals surface area contributed by atoms with Gasteiger partial charge < -0.3 is 25.6 Å². The molecule has 4 amide bonds. The number of rotatable bonds is 9. The molecular weight excluding hydrogens is 628 g/mol. The van der Waals surface area contributed by atoms with Crippen LogP contribution in [0.4, 0.5) is 4.79 Å². The van der Waals surface area contributed by atoms with Crippen LogP contribution in [-0.4, -0.2) is 53.9 Å². The molecule has 3 N–H and O–H groups in total. The lowest BCUT2D eigenvalue weighted by molar-refractivity contribution is -0.147. The van der Waals surface area contributed by atoms with E-state index in [2.05, 4.69) is 34.2 Å². The average molecular weight is 667 g/mol. The van der Waals surface area contributed by atoms with Gasteiger partial charge in [0.1, 0.15) is 12.6 Å². The highest BCUT2D eigenvalue weighted by molar-refractivity contribution is 6.34. The van der Waals surface area contributed by atoms with Gasteiger partial charge in [-0.3, -0.25) is 9.59 Å². The number of ether oxygens (including phenoxy) is 1. The topological polar surface area (TPSA) is 117 Å². The van der Waals surface area contributed by atoms with Gasteiger partial charge in [-0.2, -0.15) is 0 Å². The smallest absolute Gasteiger partial charge is 0.330 e. The van der Waals surface area contributed by atoms with Crippen LogP contribution >= 0.6 is 11.6 Å². The van der Waals surface area contributed by atoms with E-state index in [9.17, 15) is 19.2 Å². The molecule has 48 heavy (non-hydrogen) atoms. The Balaban J connectivity index is 1.13. The number of aryl methyl sites for hydroxylation is 1. The van der Waals surface area contributed by atoms with E-state index in [1.165, 1.54) is 17.2 Å². The number of benzene rings is 3. The Hall–Kier alpha value is -4.89. The van der Waals surface area contributed by atoms with Gasteiger partial charge >= 0.3 is 12.0 Å². The average Bonchev–Trinajstić information content (AvgIpc) is 3.50. The van der Waals surface area contributed by atoms with E-state index in [4.69, 9.17) is 16.3 Å². The standard InChI is InChI=1S/C38H39ClN4O5/c1-24-19-29(36(45)43-18-17-26-11-5-6-13-28(26)22-43)20-31(39)34(24)35(44)41-33(37(46)48-23-25-9-3-2-4-10-25)21-40-38(47)42-32-16-15-27-12-7-8-14-30(27)32/h2-6,8-11,13-14,19-20,32-33H,7,12,15-18,21-23H2,1H3,(H,41,44)(H2,40,42,47)/t32?,33-/m0/s1. The number of amides is 4. The van der Waals surface area contributed by atoms with Crippen LogP contribution in [0.25, 0.3) is 0 Å². The van der Waals surface area contributed by atoms with Crippen molar-refractivity contribution in [1.29, 1.82) is 0 Å². The normalized spacial score (nSPS) is 17.2. The van der Waals surface area contributed by atoms with E-state index >= 15 is 0 Å². The van der Waals surface area contributed by atoms with Crippen molar-refractivity contribution in [1.82, 2.24) is 20.9 Å². The molecule has 2 aliphatic carbocycles. The molecule has 0 spiro atoms. The van der Waals surface area contributed by atoms with E-state index in [1.54, 1.807) is 17.9 Å². The van der Waals surface area contributed by atoms with Gasteiger partial charge in [-0.1, -0.05) is 83.9 Å². The summed E-state index contributed by atoms with van der Waals surface area (Å²) in [5.41, 5.74) is 6.65. The number of esters is 1. The summed E-state index contributed by atoms with van der Waals surface area (Å²) in [6.07, 6.45) is 8.76. The van der Waals surface area contributed by atoms with E-state index in [0.29, 0.717) is 24.2 Å². The number of carbonyl (C=O) groups is 4. The Morgan fingerprint density at radius 1 is 0.979 bits per heavy atom. The van der Waals surface area contributed by atoms with Crippen LogP contribution in [0.15, 0.2) is 90.0 Å². The fourth-order valence-corrected chi connectivity index (χ4v) is 7.00. The van der Waals surface area contributed by atoms with Gasteiger partial charge in [0.05, 0.1) is 23.2 Å². The maximum Gasteiger partial charge on any atom is 0.330 e. The van der Waals surface area contributed by atoms with Crippen molar-refractivity contribution in [2.24, 2.45) is 0 Å². The summed E-state index contributed by atoms with van der Waals surface area (Å²) in [7, 11) is 0. The molecule has 1 unspecified atom stereocenters. The number of fused-ring (bicyclic) bond motifs is 1. The molecule has 0 bridgehead atoms. The van der Waals surface area contributed by atoms with Gasteiger partial charge in [-0.15, -0.1) is 0 Å². The first kappa shape index (κ1) is 33.0. The Morgan fingerprint density at radius 3 is 2.54 bits per heavy atom. The Kier molecular flexibility index (Phi) is 10.3. The maximum atomic E-state index is 13.6. The minimum atomic E-state index is -1.20. The second kappa shape index (κ2) is 14.9. The van der Waals surface area contributed by atoms with E-state index in [-0.39, 0.29) is 35.7 Å². The quantitative estimate of drug-likeness (QED) is 0.250. The third-order valence-corrected chi connectivity index (χ3v) is 9.49. The second-order valence-corrected chi connectivity index (χ2v) is 12.9. The first-order valence-corrected chi connectivity index (χ1v) is 16.7. The molecule has 0 aromatic heterocycles. The molecule has 248 valence electrons. The lowest BCUT2D eigenvalue weighted by Crippen LogP contribution is -2.52. The summed E-state index contributed by atoms with van der Waals surface area (Å²) in [5, 5.41) is 8.54. The van der Waals surface area contributed by atoms with Crippen LogP contribution in [0.2, 0.25) is 5.02 Å². The highest BCUT2D eigenvalue weighted by atomic mass is 35.5. The maximum absolute atomic E-state index is 13.6. The van der Waals surface area contributed by atoms with E-state index < -0.39 is 23.9 Å². The Morgan fingerprint density at radius 2 is 1.75 bits per heavy atom. The van der Waals surface area contributed by atoms with E-state index in [1.807, 2.05) is 48.5 Å². The number of nitrogens with one attached hydrogen (secondary N) is 3. The third-order valence-electron chi connectivity index (χ3n) is 9.19. The molecule has 0 radical (unpaired) electrons. The summed E-state index contributed by atoms with van der Waals surface area (Å²) >= 11 is 6.64. The second-order valence-electron chi connectivity index (χ2n) is 12.5. The molecule has 0 saturated carbocycles. The van der Waals surface area contributed by atoms with Crippen LogP contribution in [0.3, 0.4) is 0 Å². The molecule has 1 heterocycles. The van der Waals surface area contributed by atoms with Gasteiger partial charge in [-0.25, -0.2) is 9.59 Å². The zero-order valence-electron chi connectivity index (χ0n) is 26.9. The van der Waals surface area contributed by atoms with Crippen molar-refractivity contribution in [2.45, 2.75) is 64.3 Å². The lowest BCUT2D eigenvalue weighted by Gasteiger charge is -2.29. The predicted octanol–water partition coefficient (Wildman–Crippen LogP) is 5.80. The monoisotopic (exact) mass is 666 g/mol. The van der Waals surface area contributed by atoms with E-state index in [0.717, 1.165) is 48.8 Å². The number of urea groups is 1. The molecule has 0 saturated heterocycles. The van der Waals surface area contributed by atoms with Gasteiger partial charge in [0, 0.05) is 18.7 Å². The summed E-state index contributed by atoms with van der Waals surface area (Å²) in [6.45, 7) is 2.57. The van der Waals surface area contributed by atoms with Gasteiger partial charge in [0.15, 0.2) is 0 Å². The zero-order chi connectivity index (χ0) is 33.6. The summed E-state index contributed by atoms with van der Waals surface area (Å²) < 4.78 is 5.54.